The lowest BCUT2D eigenvalue weighted by Gasteiger charge is -1.96. The van der Waals surface area contributed by atoms with Gasteiger partial charge in [0.15, 0.2) is 0 Å². The Labute approximate surface area is 89.9 Å². The molecule has 3 rings (SSSR count). The van der Waals surface area contributed by atoms with Crippen molar-refractivity contribution in [3.8, 4) is 0 Å². The number of nitrogen functional groups attached to an aromatic ring is 1. The third kappa shape index (κ3) is 1.20. The van der Waals surface area contributed by atoms with Crippen molar-refractivity contribution in [2.45, 2.75) is 0 Å². The van der Waals surface area contributed by atoms with Crippen molar-refractivity contribution < 1.29 is 4.39 Å². The van der Waals surface area contributed by atoms with E-state index in [9.17, 15) is 4.39 Å². The van der Waals surface area contributed by atoms with Crippen LogP contribution in [0.4, 0.5) is 10.1 Å². The standard InChI is InChI=1S/C12H8FNS/c13-9-5-8-7-3-1-2-4-11(7)15-12(8)6-10(9)14/h1-6H,14H2. The molecule has 0 saturated heterocycles. The second kappa shape index (κ2) is 2.94. The normalized spacial score (nSPS) is 11.3. The molecule has 2 aromatic carbocycles. The monoisotopic (exact) mass is 217 g/mol. The molecule has 1 nitrogen and oxygen atoms in total. The van der Waals surface area contributed by atoms with Crippen LogP contribution in [0.1, 0.15) is 0 Å². The van der Waals surface area contributed by atoms with E-state index in [0.717, 1.165) is 20.2 Å². The van der Waals surface area contributed by atoms with E-state index < -0.39 is 0 Å². The number of hydrogen-bond donors (Lipinski definition) is 1. The van der Waals surface area contributed by atoms with E-state index in [-0.39, 0.29) is 11.5 Å². The summed E-state index contributed by atoms with van der Waals surface area (Å²) in [7, 11) is 0. The minimum absolute atomic E-state index is 0.217. The number of halogens is 1. The van der Waals surface area contributed by atoms with Gasteiger partial charge in [-0.3, -0.25) is 0 Å². The first-order chi connectivity index (χ1) is 7.25. The lowest BCUT2D eigenvalue weighted by molar-refractivity contribution is 0.634. The summed E-state index contributed by atoms with van der Waals surface area (Å²) in [6, 6.07) is 11.2. The van der Waals surface area contributed by atoms with Crippen molar-refractivity contribution in [3.05, 3.63) is 42.2 Å². The van der Waals surface area contributed by atoms with Gasteiger partial charge in [0.05, 0.1) is 5.69 Å². The van der Waals surface area contributed by atoms with Crippen LogP contribution in [0.2, 0.25) is 0 Å². The minimum Gasteiger partial charge on any atom is -0.396 e. The zero-order valence-corrected chi connectivity index (χ0v) is 8.64. The molecule has 0 unspecified atom stereocenters. The molecule has 0 radical (unpaired) electrons. The fourth-order valence-corrected chi connectivity index (χ4v) is 2.90. The number of thiophene rings is 1. The summed E-state index contributed by atoms with van der Waals surface area (Å²) >= 11 is 1.64. The number of anilines is 1. The highest BCUT2D eigenvalue weighted by Crippen LogP contribution is 2.35. The second-order valence-corrected chi connectivity index (χ2v) is 4.55. The van der Waals surface area contributed by atoms with Crippen LogP contribution in [-0.2, 0) is 0 Å². The summed E-state index contributed by atoms with van der Waals surface area (Å²) in [5, 5.41) is 2.04. The van der Waals surface area contributed by atoms with Gasteiger partial charge in [-0.2, -0.15) is 0 Å². The van der Waals surface area contributed by atoms with Gasteiger partial charge in [-0.1, -0.05) is 18.2 Å². The summed E-state index contributed by atoms with van der Waals surface area (Å²) in [6.45, 7) is 0. The Morgan fingerprint density at radius 2 is 1.80 bits per heavy atom. The maximum absolute atomic E-state index is 13.3. The van der Waals surface area contributed by atoms with Crippen LogP contribution in [0.25, 0.3) is 20.2 Å². The SMILES string of the molecule is Nc1cc2sc3ccccc3c2cc1F. The molecule has 3 aromatic rings. The van der Waals surface area contributed by atoms with Gasteiger partial charge in [0.25, 0.3) is 0 Å². The minimum atomic E-state index is -0.342. The predicted molar refractivity (Wildman–Crippen MR) is 63.7 cm³/mol. The van der Waals surface area contributed by atoms with Gasteiger partial charge in [-0.05, 0) is 18.2 Å². The Hall–Kier alpha value is -1.61. The molecule has 0 aliphatic rings. The number of nitrogens with two attached hydrogens (primary N) is 1. The van der Waals surface area contributed by atoms with Crippen LogP contribution >= 0.6 is 11.3 Å². The van der Waals surface area contributed by atoms with Crippen LogP contribution in [0.5, 0.6) is 0 Å². The summed E-state index contributed by atoms with van der Waals surface area (Å²) < 4.78 is 15.5. The highest BCUT2D eigenvalue weighted by molar-refractivity contribution is 7.25. The molecular weight excluding hydrogens is 209 g/mol. The molecule has 1 aromatic heterocycles. The third-order valence-electron chi connectivity index (χ3n) is 2.50. The quantitative estimate of drug-likeness (QED) is 0.570. The number of rotatable bonds is 0. The van der Waals surface area contributed by atoms with Gasteiger partial charge in [0, 0.05) is 20.2 Å². The Bertz CT molecular complexity index is 657. The molecule has 0 aliphatic carbocycles. The van der Waals surface area contributed by atoms with Crippen molar-refractivity contribution in [1.82, 2.24) is 0 Å². The van der Waals surface area contributed by atoms with Crippen molar-refractivity contribution >= 4 is 37.2 Å². The first-order valence-electron chi connectivity index (χ1n) is 4.62. The third-order valence-corrected chi connectivity index (χ3v) is 3.63. The molecule has 0 atom stereocenters. The zero-order valence-electron chi connectivity index (χ0n) is 7.83. The van der Waals surface area contributed by atoms with E-state index in [1.54, 1.807) is 17.4 Å². The van der Waals surface area contributed by atoms with Crippen LogP contribution in [-0.4, -0.2) is 0 Å². The first kappa shape index (κ1) is 8.68. The molecule has 0 spiro atoms. The zero-order chi connectivity index (χ0) is 10.4. The Kier molecular flexibility index (Phi) is 1.70. The molecule has 0 fully saturated rings. The second-order valence-electron chi connectivity index (χ2n) is 3.47. The number of fused-ring (bicyclic) bond motifs is 3. The molecule has 74 valence electrons. The molecule has 0 amide bonds. The molecular formula is C12H8FNS. The highest BCUT2D eigenvalue weighted by Gasteiger charge is 2.07. The average Bonchev–Trinajstić information content (AvgIpc) is 2.57. The van der Waals surface area contributed by atoms with E-state index in [2.05, 4.69) is 0 Å². The Morgan fingerprint density at radius 1 is 1.00 bits per heavy atom. The molecule has 0 saturated carbocycles. The van der Waals surface area contributed by atoms with Gasteiger partial charge in [0.1, 0.15) is 5.82 Å². The fourth-order valence-electron chi connectivity index (χ4n) is 1.76. The molecule has 0 bridgehead atoms. The maximum atomic E-state index is 13.3. The van der Waals surface area contributed by atoms with Crippen LogP contribution in [0.15, 0.2) is 36.4 Å². The van der Waals surface area contributed by atoms with Crippen molar-refractivity contribution in [2.75, 3.05) is 5.73 Å². The van der Waals surface area contributed by atoms with Gasteiger partial charge >= 0.3 is 0 Å². The fraction of sp³-hybridized carbons (Fsp3) is 0. The van der Waals surface area contributed by atoms with Gasteiger partial charge in [0.2, 0.25) is 0 Å². The largest absolute Gasteiger partial charge is 0.396 e. The lowest BCUT2D eigenvalue weighted by Crippen LogP contribution is -1.88. The molecule has 1 heterocycles. The topological polar surface area (TPSA) is 26.0 Å². The Balaban J connectivity index is 2.56. The number of benzene rings is 2. The Morgan fingerprint density at radius 3 is 2.67 bits per heavy atom. The number of hydrogen-bond acceptors (Lipinski definition) is 2. The van der Waals surface area contributed by atoms with E-state index in [1.807, 2.05) is 24.3 Å². The van der Waals surface area contributed by atoms with E-state index in [0.29, 0.717) is 0 Å². The predicted octanol–water partition coefficient (Wildman–Crippen LogP) is 3.78. The molecule has 3 heteroatoms. The van der Waals surface area contributed by atoms with E-state index in [1.165, 1.54) is 6.07 Å². The van der Waals surface area contributed by atoms with Crippen LogP contribution < -0.4 is 5.73 Å². The lowest BCUT2D eigenvalue weighted by atomic mass is 10.1. The van der Waals surface area contributed by atoms with Crippen LogP contribution in [0, 0.1) is 5.82 Å². The average molecular weight is 217 g/mol. The van der Waals surface area contributed by atoms with Gasteiger partial charge < -0.3 is 5.73 Å². The molecule has 2 N–H and O–H groups in total. The van der Waals surface area contributed by atoms with Gasteiger partial charge in [-0.25, -0.2) is 4.39 Å². The summed E-state index contributed by atoms with van der Waals surface area (Å²) in [5.41, 5.74) is 5.76. The smallest absolute Gasteiger partial charge is 0.146 e. The summed E-state index contributed by atoms with van der Waals surface area (Å²) in [5.74, 6) is -0.342. The van der Waals surface area contributed by atoms with Crippen molar-refractivity contribution in [2.24, 2.45) is 0 Å². The summed E-state index contributed by atoms with van der Waals surface area (Å²) in [4.78, 5) is 0. The first-order valence-corrected chi connectivity index (χ1v) is 5.43. The molecule has 15 heavy (non-hydrogen) atoms. The summed E-state index contributed by atoms with van der Waals surface area (Å²) in [6.07, 6.45) is 0. The molecule has 0 aliphatic heterocycles. The highest BCUT2D eigenvalue weighted by atomic mass is 32.1. The van der Waals surface area contributed by atoms with Gasteiger partial charge in [-0.15, -0.1) is 11.3 Å². The maximum Gasteiger partial charge on any atom is 0.146 e. The van der Waals surface area contributed by atoms with Crippen molar-refractivity contribution in [3.63, 3.8) is 0 Å². The van der Waals surface area contributed by atoms with E-state index >= 15 is 0 Å². The van der Waals surface area contributed by atoms with Crippen LogP contribution in [0.3, 0.4) is 0 Å². The van der Waals surface area contributed by atoms with E-state index in [4.69, 9.17) is 5.73 Å². The van der Waals surface area contributed by atoms with Crippen molar-refractivity contribution in [1.29, 1.82) is 0 Å².